The van der Waals surface area contributed by atoms with Gasteiger partial charge in [0.05, 0.1) is 12.6 Å². The number of anilines is 1. The van der Waals surface area contributed by atoms with Crippen LogP contribution in [0.1, 0.15) is 23.7 Å². The SMILES string of the molecule is C[C@@H](O)[C@H](NC(=O)c1ccc(-c2ccc(NC(=O)CN3CCC(N)C3)cc2)cc1)C(=O)NO. The van der Waals surface area contributed by atoms with Gasteiger partial charge in [-0.15, -0.1) is 0 Å². The van der Waals surface area contributed by atoms with Crippen LogP contribution in [-0.2, 0) is 9.59 Å². The Bertz CT molecular complexity index is 978. The number of hydroxylamine groups is 1. The molecule has 0 aliphatic carbocycles. The maximum Gasteiger partial charge on any atom is 0.268 e. The molecule has 0 bridgehead atoms. The fourth-order valence-electron chi connectivity index (χ4n) is 3.67. The maximum absolute atomic E-state index is 12.4. The number of aliphatic hydroxyl groups excluding tert-OH is 1. The smallest absolute Gasteiger partial charge is 0.268 e. The van der Waals surface area contributed by atoms with E-state index in [1.807, 2.05) is 29.2 Å². The van der Waals surface area contributed by atoms with Gasteiger partial charge in [-0.2, -0.15) is 0 Å². The fourth-order valence-corrected chi connectivity index (χ4v) is 3.67. The Morgan fingerprint density at radius 1 is 1.09 bits per heavy atom. The maximum atomic E-state index is 12.4. The monoisotopic (exact) mass is 455 g/mol. The standard InChI is InChI=1S/C23H29N5O5/c1-14(29)21(23(32)27-33)26-22(31)17-4-2-15(3-5-17)16-6-8-19(9-7-16)25-20(30)13-28-11-10-18(24)12-28/h2-9,14,18,21,29,33H,10-13,24H2,1H3,(H,25,30)(H,26,31)(H,27,32)/t14-,18?,21+/m1/s1. The van der Waals surface area contributed by atoms with Gasteiger partial charge in [0.15, 0.2) is 0 Å². The molecule has 0 radical (unpaired) electrons. The highest BCUT2D eigenvalue weighted by Gasteiger charge is 2.25. The second-order valence-electron chi connectivity index (χ2n) is 8.15. The van der Waals surface area contributed by atoms with Crippen LogP contribution in [-0.4, -0.2) is 70.8 Å². The van der Waals surface area contributed by atoms with Crippen molar-refractivity contribution in [1.29, 1.82) is 0 Å². The van der Waals surface area contributed by atoms with Gasteiger partial charge in [0.2, 0.25) is 5.91 Å². The molecule has 1 aliphatic rings. The van der Waals surface area contributed by atoms with E-state index >= 15 is 0 Å². The Kier molecular flexibility index (Phi) is 8.12. The van der Waals surface area contributed by atoms with Crippen LogP contribution in [0.5, 0.6) is 0 Å². The van der Waals surface area contributed by atoms with Gasteiger partial charge in [0.25, 0.3) is 11.8 Å². The van der Waals surface area contributed by atoms with Crippen molar-refractivity contribution >= 4 is 23.4 Å². The van der Waals surface area contributed by atoms with Crippen molar-refractivity contribution in [2.75, 3.05) is 25.0 Å². The van der Waals surface area contributed by atoms with Crippen molar-refractivity contribution in [3.8, 4) is 11.1 Å². The zero-order chi connectivity index (χ0) is 24.0. The highest BCUT2D eigenvalue weighted by Crippen LogP contribution is 2.22. The van der Waals surface area contributed by atoms with Crippen molar-refractivity contribution in [2.45, 2.75) is 31.5 Å². The van der Waals surface area contributed by atoms with Gasteiger partial charge in [-0.25, -0.2) is 5.48 Å². The molecule has 1 heterocycles. The molecule has 10 heteroatoms. The molecule has 0 aromatic heterocycles. The number of aliphatic hydroxyl groups is 1. The number of carbonyl (C=O) groups excluding carboxylic acids is 3. The molecule has 176 valence electrons. The van der Waals surface area contributed by atoms with Crippen molar-refractivity contribution in [1.82, 2.24) is 15.7 Å². The lowest BCUT2D eigenvalue weighted by Crippen LogP contribution is -2.51. The predicted molar refractivity (Wildman–Crippen MR) is 122 cm³/mol. The van der Waals surface area contributed by atoms with E-state index in [2.05, 4.69) is 10.6 Å². The second kappa shape index (κ2) is 11.0. The second-order valence-corrected chi connectivity index (χ2v) is 8.15. The summed E-state index contributed by atoms with van der Waals surface area (Å²) in [7, 11) is 0. The lowest BCUT2D eigenvalue weighted by atomic mass is 10.0. The van der Waals surface area contributed by atoms with E-state index in [1.165, 1.54) is 12.4 Å². The summed E-state index contributed by atoms with van der Waals surface area (Å²) >= 11 is 0. The average Bonchev–Trinajstić information content (AvgIpc) is 3.21. The molecule has 3 atom stereocenters. The van der Waals surface area contributed by atoms with Crippen LogP contribution in [0.15, 0.2) is 48.5 Å². The Balaban J connectivity index is 1.58. The number of benzene rings is 2. The van der Waals surface area contributed by atoms with E-state index in [-0.39, 0.29) is 11.9 Å². The Hall–Kier alpha value is -3.31. The van der Waals surface area contributed by atoms with Gasteiger partial charge in [-0.3, -0.25) is 24.5 Å². The zero-order valence-corrected chi connectivity index (χ0v) is 18.3. The fraction of sp³-hybridized carbons (Fsp3) is 0.348. The van der Waals surface area contributed by atoms with Crippen LogP contribution in [0, 0.1) is 0 Å². The molecular weight excluding hydrogens is 426 g/mol. The van der Waals surface area contributed by atoms with E-state index in [4.69, 9.17) is 10.9 Å². The predicted octanol–water partition coefficient (Wildman–Crippen LogP) is 0.310. The first kappa shape index (κ1) is 24.3. The summed E-state index contributed by atoms with van der Waals surface area (Å²) in [6, 6.07) is 12.9. The number of hydrogen-bond donors (Lipinski definition) is 6. The number of rotatable bonds is 8. The topological polar surface area (TPSA) is 157 Å². The molecular formula is C23H29N5O5. The number of hydrogen-bond acceptors (Lipinski definition) is 7. The summed E-state index contributed by atoms with van der Waals surface area (Å²) in [6.45, 7) is 3.20. The minimum atomic E-state index is -1.29. The van der Waals surface area contributed by atoms with E-state index < -0.39 is 24.0 Å². The first-order valence-corrected chi connectivity index (χ1v) is 10.7. The van der Waals surface area contributed by atoms with Gasteiger partial charge in [-0.1, -0.05) is 24.3 Å². The summed E-state index contributed by atoms with van der Waals surface area (Å²) in [6.07, 6.45) is -0.283. The number of nitrogens with two attached hydrogens (primary N) is 1. The Labute approximate surface area is 191 Å². The van der Waals surface area contributed by atoms with Crippen molar-refractivity contribution < 1.29 is 24.7 Å². The normalized spacial score (nSPS) is 17.8. The molecule has 3 amide bonds. The minimum absolute atomic E-state index is 0.0856. The summed E-state index contributed by atoms with van der Waals surface area (Å²) in [4.78, 5) is 38.2. The molecule has 1 aliphatic heterocycles. The summed E-state index contributed by atoms with van der Waals surface area (Å²) < 4.78 is 0. The quantitative estimate of drug-likeness (QED) is 0.247. The van der Waals surface area contributed by atoms with Crippen molar-refractivity contribution in [3.05, 3.63) is 54.1 Å². The van der Waals surface area contributed by atoms with Gasteiger partial charge < -0.3 is 21.5 Å². The van der Waals surface area contributed by atoms with Gasteiger partial charge in [-0.05, 0) is 48.7 Å². The Morgan fingerprint density at radius 2 is 1.70 bits per heavy atom. The summed E-state index contributed by atoms with van der Waals surface area (Å²) in [5, 5.41) is 23.7. The molecule has 33 heavy (non-hydrogen) atoms. The van der Waals surface area contributed by atoms with Crippen LogP contribution in [0.3, 0.4) is 0 Å². The third-order valence-corrected chi connectivity index (χ3v) is 5.49. The van der Waals surface area contributed by atoms with E-state index in [0.29, 0.717) is 17.8 Å². The minimum Gasteiger partial charge on any atom is -0.391 e. The van der Waals surface area contributed by atoms with Crippen LogP contribution in [0.4, 0.5) is 5.69 Å². The molecule has 7 N–H and O–H groups in total. The summed E-state index contributed by atoms with van der Waals surface area (Å²) in [5.74, 6) is -1.56. The molecule has 1 fully saturated rings. The first-order chi connectivity index (χ1) is 15.8. The molecule has 1 unspecified atom stereocenters. The van der Waals surface area contributed by atoms with Crippen molar-refractivity contribution in [3.63, 3.8) is 0 Å². The molecule has 2 aromatic rings. The molecule has 2 aromatic carbocycles. The third-order valence-electron chi connectivity index (χ3n) is 5.49. The lowest BCUT2D eigenvalue weighted by molar-refractivity contribution is -0.133. The number of amides is 3. The number of likely N-dealkylation sites (tertiary alicyclic amines) is 1. The van der Waals surface area contributed by atoms with E-state index in [1.54, 1.807) is 24.3 Å². The summed E-state index contributed by atoms with van der Waals surface area (Å²) in [5.41, 5.74) is 10.0. The lowest BCUT2D eigenvalue weighted by Gasteiger charge is -2.19. The van der Waals surface area contributed by atoms with Gasteiger partial charge >= 0.3 is 0 Å². The van der Waals surface area contributed by atoms with Gasteiger partial charge in [0.1, 0.15) is 6.04 Å². The number of carbonyl (C=O) groups is 3. The van der Waals surface area contributed by atoms with E-state index in [0.717, 1.165) is 30.6 Å². The van der Waals surface area contributed by atoms with E-state index in [9.17, 15) is 19.5 Å². The van der Waals surface area contributed by atoms with Crippen LogP contribution >= 0.6 is 0 Å². The average molecular weight is 456 g/mol. The molecule has 10 nitrogen and oxygen atoms in total. The first-order valence-electron chi connectivity index (χ1n) is 10.7. The largest absolute Gasteiger partial charge is 0.391 e. The molecule has 1 saturated heterocycles. The highest BCUT2D eigenvalue weighted by atomic mass is 16.5. The molecule has 0 spiro atoms. The zero-order valence-electron chi connectivity index (χ0n) is 18.3. The molecule has 0 saturated carbocycles. The molecule has 3 rings (SSSR count). The number of nitrogens with one attached hydrogen (secondary N) is 3. The van der Waals surface area contributed by atoms with Crippen molar-refractivity contribution in [2.24, 2.45) is 5.73 Å². The Morgan fingerprint density at radius 3 is 2.21 bits per heavy atom. The van der Waals surface area contributed by atoms with Crippen LogP contribution in [0.25, 0.3) is 11.1 Å². The third kappa shape index (κ3) is 6.59. The highest BCUT2D eigenvalue weighted by molar-refractivity contribution is 5.98. The van der Waals surface area contributed by atoms with Crippen LogP contribution in [0.2, 0.25) is 0 Å². The van der Waals surface area contributed by atoms with Gasteiger partial charge in [0, 0.05) is 30.4 Å². The van der Waals surface area contributed by atoms with Crippen LogP contribution < -0.4 is 21.8 Å². The number of nitrogens with zero attached hydrogens (tertiary/aromatic N) is 1.